The third-order valence-corrected chi connectivity index (χ3v) is 6.30. The fourth-order valence-corrected chi connectivity index (χ4v) is 4.48. The number of nitro groups is 1. The zero-order valence-corrected chi connectivity index (χ0v) is 16.5. The fourth-order valence-electron chi connectivity index (χ4n) is 3.02. The Morgan fingerprint density at radius 1 is 1.18 bits per heavy atom. The summed E-state index contributed by atoms with van der Waals surface area (Å²) in [5, 5.41) is 14.0. The Morgan fingerprint density at radius 2 is 1.89 bits per heavy atom. The highest BCUT2D eigenvalue weighted by molar-refractivity contribution is 7.89. The van der Waals surface area contributed by atoms with E-state index in [4.69, 9.17) is 0 Å². The summed E-state index contributed by atoms with van der Waals surface area (Å²) in [4.78, 5) is 21.1. The van der Waals surface area contributed by atoms with Crippen molar-refractivity contribution in [2.45, 2.75) is 18.7 Å². The highest BCUT2D eigenvalue weighted by atomic mass is 32.2. The van der Waals surface area contributed by atoms with E-state index in [0.717, 1.165) is 17.6 Å². The number of rotatable bonds is 6. The zero-order valence-electron chi connectivity index (χ0n) is 15.7. The lowest BCUT2D eigenvalue weighted by Gasteiger charge is -2.34. The van der Waals surface area contributed by atoms with Gasteiger partial charge >= 0.3 is 0 Å². The average Bonchev–Trinajstić information content (AvgIpc) is 2.68. The number of aryl methyl sites for hydroxylation is 1. The molecule has 0 bridgehead atoms. The predicted molar refractivity (Wildman–Crippen MR) is 105 cm³/mol. The number of hydrogen-bond acceptors (Lipinski definition) is 8. The lowest BCUT2D eigenvalue weighted by Crippen LogP contribution is -2.49. The van der Waals surface area contributed by atoms with Crippen LogP contribution in [0.5, 0.6) is 0 Å². The smallest absolute Gasteiger partial charge is 0.270 e. The molecule has 3 rings (SSSR count). The van der Waals surface area contributed by atoms with Crippen LogP contribution in [0.2, 0.25) is 0 Å². The van der Waals surface area contributed by atoms with Gasteiger partial charge in [0.25, 0.3) is 5.69 Å². The van der Waals surface area contributed by atoms with Crippen LogP contribution in [0, 0.1) is 17.0 Å². The maximum Gasteiger partial charge on any atom is 0.270 e. The topological polar surface area (TPSA) is 122 Å². The molecule has 0 radical (unpaired) electrons. The zero-order chi connectivity index (χ0) is 20.3. The SMILES string of the molecule is CCNc1nc(C)cc(N2CCN(S(=O)(=O)c3cccc([N+](=O)[O-])c3)CC2)n1. The van der Waals surface area contributed by atoms with E-state index in [0.29, 0.717) is 25.6 Å². The second-order valence-electron chi connectivity index (χ2n) is 6.37. The van der Waals surface area contributed by atoms with E-state index in [-0.39, 0.29) is 23.7 Å². The van der Waals surface area contributed by atoms with Crippen molar-refractivity contribution in [2.24, 2.45) is 0 Å². The van der Waals surface area contributed by atoms with E-state index in [1.165, 1.54) is 22.5 Å². The van der Waals surface area contributed by atoms with Gasteiger partial charge in [-0.15, -0.1) is 0 Å². The van der Waals surface area contributed by atoms with Gasteiger partial charge in [-0.3, -0.25) is 10.1 Å². The molecule has 1 aromatic carbocycles. The number of non-ortho nitro benzene ring substituents is 1. The molecule has 1 aliphatic rings. The first-order chi connectivity index (χ1) is 13.3. The van der Waals surface area contributed by atoms with Crippen LogP contribution in [0.25, 0.3) is 0 Å². The summed E-state index contributed by atoms with van der Waals surface area (Å²) in [5.74, 6) is 1.29. The van der Waals surface area contributed by atoms with Crippen LogP contribution in [0.1, 0.15) is 12.6 Å². The van der Waals surface area contributed by atoms with Gasteiger partial charge in [-0.05, 0) is 19.9 Å². The van der Waals surface area contributed by atoms with Gasteiger partial charge in [0, 0.05) is 56.6 Å². The number of anilines is 2. The Morgan fingerprint density at radius 3 is 2.54 bits per heavy atom. The summed E-state index contributed by atoms with van der Waals surface area (Å²) >= 11 is 0. The van der Waals surface area contributed by atoms with Crippen LogP contribution in [0.4, 0.5) is 17.5 Å². The van der Waals surface area contributed by atoms with Crippen molar-refractivity contribution in [2.75, 3.05) is 42.9 Å². The minimum Gasteiger partial charge on any atom is -0.354 e. The van der Waals surface area contributed by atoms with E-state index in [1.807, 2.05) is 24.8 Å². The molecular weight excluding hydrogens is 384 g/mol. The molecule has 10 nitrogen and oxygen atoms in total. The number of hydrogen-bond donors (Lipinski definition) is 1. The number of nitro benzene ring substituents is 1. The third-order valence-electron chi connectivity index (χ3n) is 4.40. The molecule has 1 aromatic heterocycles. The lowest BCUT2D eigenvalue weighted by molar-refractivity contribution is -0.385. The standard InChI is InChI=1S/C17H22N6O4S/c1-3-18-17-19-13(2)11-16(20-17)21-7-9-22(10-8-21)28(26,27)15-6-4-5-14(12-15)23(24)25/h4-6,11-12H,3,7-10H2,1-2H3,(H,18,19,20). The molecule has 150 valence electrons. The van der Waals surface area contributed by atoms with Gasteiger partial charge in [-0.1, -0.05) is 6.07 Å². The lowest BCUT2D eigenvalue weighted by atomic mass is 10.3. The molecule has 11 heteroatoms. The van der Waals surface area contributed by atoms with Crippen molar-refractivity contribution in [3.8, 4) is 0 Å². The molecule has 1 N–H and O–H groups in total. The summed E-state index contributed by atoms with van der Waals surface area (Å²) in [6, 6.07) is 7.00. The molecule has 2 aromatic rings. The Bertz CT molecular complexity index is 973. The first-order valence-electron chi connectivity index (χ1n) is 8.90. The highest BCUT2D eigenvalue weighted by Gasteiger charge is 2.30. The molecule has 0 saturated carbocycles. The van der Waals surface area contributed by atoms with Crippen LogP contribution in [-0.4, -0.2) is 60.3 Å². The van der Waals surface area contributed by atoms with E-state index in [2.05, 4.69) is 15.3 Å². The summed E-state index contributed by atoms with van der Waals surface area (Å²) in [7, 11) is -3.79. The molecular formula is C17H22N6O4S. The monoisotopic (exact) mass is 406 g/mol. The van der Waals surface area contributed by atoms with Gasteiger partial charge in [0.15, 0.2) is 0 Å². The van der Waals surface area contributed by atoms with Gasteiger partial charge in [0.1, 0.15) is 5.82 Å². The van der Waals surface area contributed by atoms with E-state index < -0.39 is 14.9 Å². The van der Waals surface area contributed by atoms with Gasteiger partial charge < -0.3 is 10.2 Å². The molecule has 0 atom stereocenters. The van der Waals surface area contributed by atoms with Crippen LogP contribution >= 0.6 is 0 Å². The number of nitrogens with zero attached hydrogens (tertiary/aromatic N) is 5. The molecule has 0 spiro atoms. The van der Waals surface area contributed by atoms with Crippen molar-refractivity contribution in [3.63, 3.8) is 0 Å². The van der Waals surface area contributed by atoms with Crippen LogP contribution < -0.4 is 10.2 Å². The second-order valence-corrected chi connectivity index (χ2v) is 8.30. The van der Waals surface area contributed by atoms with Crippen LogP contribution in [0.3, 0.4) is 0 Å². The minimum absolute atomic E-state index is 0.0672. The summed E-state index contributed by atoms with van der Waals surface area (Å²) in [6.45, 7) is 6.03. The molecule has 2 heterocycles. The number of benzene rings is 1. The molecule has 28 heavy (non-hydrogen) atoms. The summed E-state index contributed by atoms with van der Waals surface area (Å²) in [6.07, 6.45) is 0. The van der Waals surface area contributed by atoms with Crippen molar-refractivity contribution in [1.29, 1.82) is 0 Å². The molecule has 0 aliphatic carbocycles. The number of piperazine rings is 1. The Kier molecular flexibility index (Phi) is 5.75. The number of aromatic nitrogens is 2. The highest BCUT2D eigenvalue weighted by Crippen LogP contribution is 2.23. The molecule has 1 fully saturated rings. The first kappa shape index (κ1) is 20.0. The van der Waals surface area contributed by atoms with E-state index >= 15 is 0 Å². The third kappa shape index (κ3) is 4.20. The Labute approximate surface area is 163 Å². The number of sulfonamides is 1. The predicted octanol–water partition coefficient (Wildman–Crippen LogP) is 1.64. The fraction of sp³-hybridized carbons (Fsp3) is 0.412. The van der Waals surface area contributed by atoms with Gasteiger partial charge in [0.05, 0.1) is 9.82 Å². The normalized spacial score (nSPS) is 15.4. The van der Waals surface area contributed by atoms with Crippen molar-refractivity contribution in [3.05, 3.63) is 46.1 Å². The molecule has 0 unspecified atom stereocenters. The van der Waals surface area contributed by atoms with Crippen molar-refractivity contribution < 1.29 is 13.3 Å². The van der Waals surface area contributed by atoms with E-state index in [1.54, 1.807) is 0 Å². The minimum atomic E-state index is -3.79. The maximum absolute atomic E-state index is 12.8. The van der Waals surface area contributed by atoms with E-state index in [9.17, 15) is 18.5 Å². The van der Waals surface area contributed by atoms with Gasteiger partial charge in [-0.2, -0.15) is 9.29 Å². The quantitative estimate of drug-likeness (QED) is 0.567. The van der Waals surface area contributed by atoms with Crippen LogP contribution in [-0.2, 0) is 10.0 Å². The average molecular weight is 406 g/mol. The first-order valence-corrected chi connectivity index (χ1v) is 10.3. The van der Waals surface area contributed by atoms with Crippen molar-refractivity contribution >= 4 is 27.5 Å². The molecule has 1 aliphatic heterocycles. The summed E-state index contributed by atoms with van der Waals surface area (Å²) in [5.41, 5.74) is 0.583. The molecule has 0 amide bonds. The Hall–Kier alpha value is -2.79. The Balaban J connectivity index is 1.75. The second kappa shape index (κ2) is 8.07. The van der Waals surface area contributed by atoms with Crippen molar-refractivity contribution in [1.82, 2.24) is 14.3 Å². The largest absolute Gasteiger partial charge is 0.354 e. The summed E-state index contributed by atoms with van der Waals surface area (Å²) < 4.78 is 27.0. The molecule has 1 saturated heterocycles. The van der Waals surface area contributed by atoms with Crippen LogP contribution in [0.15, 0.2) is 35.2 Å². The maximum atomic E-state index is 12.8. The van der Waals surface area contributed by atoms with Gasteiger partial charge in [0.2, 0.25) is 16.0 Å². The number of nitrogens with one attached hydrogen (secondary N) is 1. The van der Waals surface area contributed by atoms with Gasteiger partial charge in [-0.25, -0.2) is 13.4 Å².